The number of halogens is 2. The molecule has 11 heavy (non-hydrogen) atoms. The van der Waals surface area contributed by atoms with Gasteiger partial charge >= 0.3 is 0 Å². The first kappa shape index (κ1) is 6.61. The van der Waals surface area contributed by atoms with Gasteiger partial charge in [0, 0.05) is 0 Å². The molecule has 0 bridgehead atoms. The maximum absolute atomic E-state index is 12.7. The molecule has 1 heterocycles. The molecule has 0 aliphatic heterocycles. The van der Waals surface area contributed by atoms with Crippen molar-refractivity contribution in [2.75, 3.05) is 0 Å². The van der Waals surface area contributed by atoms with Crippen LogP contribution >= 0.6 is 11.6 Å². The van der Waals surface area contributed by atoms with Gasteiger partial charge in [0.05, 0.1) is 5.02 Å². The summed E-state index contributed by atoms with van der Waals surface area (Å²) in [5, 5.41) is 0.471. The first-order valence-electron chi connectivity index (χ1n) is 3.07. The van der Waals surface area contributed by atoms with Gasteiger partial charge in [-0.25, -0.2) is 4.98 Å². The lowest BCUT2D eigenvalue weighted by molar-refractivity contribution is 0.384. The molecule has 2 rings (SSSR count). The summed E-state index contributed by atoms with van der Waals surface area (Å²) in [7, 11) is 0. The van der Waals surface area contributed by atoms with E-state index in [0.29, 0.717) is 20.8 Å². The van der Waals surface area contributed by atoms with Crippen LogP contribution in [0.25, 0.3) is 11.0 Å². The first-order valence-corrected chi connectivity index (χ1v) is 3.44. The Kier molecular flexibility index (Phi) is 1.32. The average Bonchev–Trinajstić information content (AvgIpc) is 2.35. The third kappa shape index (κ3) is 0.886. The van der Waals surface area contributed by atoms with Gasteiger partial charge in [-0.1, -0.05) is 22.1 Å². The maximum Gasteiger partial charge on any atom is 0.127 e. The number of benzene rings is 1. The Labute approximate surface area is 67.2 Å². The van der Waals surface area contributed by atoms with Crippen LogP contribution in [0, 0.1) is 0 Å². The fraction of sp³-hybridized carbons (Fsp3) is 0. The molecule has 0 saturated carbocycles. The maximum atomic E-state index is 12.7. The Bertz CT molecular complexity index is 396. The largest absolute Gasteiger partial charge is 0.232 e. The number of fused-ring (bicyclic) bond motifs is 1. The van der Waals surface area contributed by atoms with Crippen molar-refractivity contribution in [3.8, 4) is 0 Å². The zero-order valence-corrected chi connectivity index (χ0v) is 6.22. The molecule has 2 aromatic rings. The van der Waals surface area contributed by atoms with E-state index in [2.05, 4.69) is 4.98 Å². The Morgan fingerprint density at radius 1 is 1.45 bits per heavy atom. The van der Waals surface area contributed by atoms with Gasteiger partial charge < -0.3 is 0 Å². The van der Waals surface area contributed by atoms with Crippen molar-refractivity contribution in [1.29, 1.82) is 0 Å². The topological polar surface area (TPSA) is 17.8 Å². The average molecular weight is 171 g/mol. The summed E-state index contributed by atoms with van der Waals surface area (Å²) in [6.07, 6.45) is 1.09. The Morgan fingerprint density at radius 3 is 3.00 bits per heavy atom. The number of imidazole rings is 1. The molecule has 0 saturated heterocycles. The van der Waals surface area contributed by atoms with Gasteiger partial charge in [-0.15, -0.1) is 0 Å². The van der Waals surface area contributed by atoms with Crippen molar-refractivity contribution in [2.45, 2.75) is 0 Å². The minimum Gasteiger partial charge on any atom is -0.232 e. The summed E-state index contributed by atoms with van der Waals surface area (Å²) in [6, 6.07) is 4.98. The predicted molar refractivity (Wildman–Crippen MR) is 41.2 cm³/mol. The molecule has 1 aromatic heterocycles. The number of nitrogens with zero attached hydrogens (tertiary/aromatic N) is 2. The van der Waals surface area contributed by atoms with Crippen LogP contribution in [0.4, 0.5) is 4.48 Å². The van der Waals surface area contributed by atoms with Crippen LogP contribution in [0.15, 0.2) is 24.5 Å². The van der Waals surface area contributed by atoms with Gasteiger partial charge in [-0.2, -0.15) is 4.79 Å². The van der Waals surface area contributed by atoms with Gasteiger partial charge in [0.1, 0.15) is 17.4 Å². The van der Waals surface area contributed by atoms with Crippen LogP contribution in [-0.2, 0) is 0 Å². The molecule has 4 heteroatoms. The fourth-order valence-corrected chi connectivity index (χ4v) is 1.19. The number of rotatable bonds is 0. The van der Waals surface area contributed by atoms with Crippen LogP contribution in [0.1, 0.15) is 0 Å². The summed E-state index contributed by atoms with van der Waals surface area (Å²) in [4.78, 5) is 4.22. The monoisotopic (exact) mass is 170 g/mol. The van der Waals surface area contributed by atoms with Crippen molar-refractivity contribution in [1.82, 2.24) is 9.77 Å². The molecular formula is C7H4ClFN2. The highest BCUT2D eigenvalue weighted by atomic mass is 35.5. The van der Waals surface area contributed by atoms with Gasteiger partial charge in [0.15, 0.2) is 0 Å². The second-order valence-electron chi connectivity index (χ2n) is 2.16. The molecule has 0 N–H and O–H groups in total. The molecule has 0 unspecified atom stereocenters. The smallest absolute Gasteiger partial charge is 0.127 e. The van der Waals surface area contributed by atoms with Gasteiger partial charge in [-0.05, 0) is 12.1 Å². The summed E-state index contributed by atoms with van der Waals surface area (Å²) in [5.74, 6) is 0. The van der Waals surface area contributed by atoms with Crippen LogP contribution in [0.5, 0.6) is 0 Å². The Morgan fingerprint density at radius 2 is 2.27 bits per heavy atom. The molecule has 1 aromatic carbocycles. The minimum atomic E-state index is 0.400. The first-order chi connectivity index (χ1) is 5.29. The summed E-state index contributed by atoms with van der Waals surface area (Å²) < 4.78 is 12.7. The van der Waals surface area contributed by atoms with E-state index in [4.69, 9.17) is 11.6 Å². The van der Waals surface area contributed by atoms with Crippen molar-refractivity contribution in [3.63, 3.8) is 0 Å². The molecule has 0 fully saturated rings. The third-order valence-electron chi connectivity index (χ3n) is 1.48. The molecule has 0 amide bonds. The SMILES string of the molecule is Fn1cnc2c(Cl)cccc21. The van der Waals surface area contributed by atoms with E-state index >= 15 is 0 Å². The normalized spacial score (nSPS) is 10.7. The molecule has 0 radical (unpaired) electrons. The molecule has 56 valence electrons. The van der Waals surface area contributed by atoms with Crippen molar-refractivity contribution in [2.24, 2.45) is 0 Å². The summed E-state index contributed by atoms with van der Waals surface area (Å²) >= 11 is 5.73. The molecule has 0 aliphatic rings. The zero-order valence-electron chi connectivity index (χ0n) is 5.46. The number of aromatic nitrogens is 2. The zero-order chi connectivity index (χ0) is 7.84. The van der Waals surface area contributed by atoms with Crippen LogP contribution in [-0.4, -0.2) is 9.77 Å². The minimum absolute atomic E-state index is 0.400. The summed E-state index contributed by atoms with van der Waals surface area (Å²) in [5.41, 5.74) is 0.897. The predicted octanol–water partition coefficient (Wildman–Crippen LogP) is 2.42. The van der Waals surface area contributed by atoms with Gasteiger partial charge in [0.2, 0.25) is 0 Å². The molecule has 0 spiro atoms. The quantitative estimate of drug-likeness (QED) is 0.594. The fourth-order valence-electron chi connectivity index (χ4n) is 0.975. The van der Waals surface area contributed by atoms with Crippen molar-refractivity contribution < 1.29 is 4.48 Å². The van der Waals surface area contributed by atoms with E-state index in [1.54, 1.807) is 18.2 Å². The lowest BCUT2D eigenvalue weighted by Crippen LogP contribution is -1.76. The van der Waals surface area contributed by atoms with Crippen molar-refractivity contribution >= 4 is 22.6 Å². The van der Waals surface area contributed by atoms with E-state index in [-0.39, 0.29) is 0 Å². The lowest BCUT2D eigenvalue weighted by Gasteiger charge is -1.90. The second-order valence-corrected chi connectivity index (χ2v) is 2.57. The standard InChI is InChI=1S/C7H4ClFN2/c8-5-2-1-3-6-7(5)10-4-11(6)9/h1-4H. The molecule has 2 nitrogen and oxygen atoms in total. The molecular weight excluding hydrogens is 167 g/mol. The highest BCUT2D eigenvalue weighted by Gasteiger charge is 2.03. The second kappa shape index (κ2) is 2.20. The van der Waals surface area contributed by atoms with E-state index in [1.807, 2.05) is 0 Å². The van der Waals surface area contributed by atoms with Gasteiger partial charge in [-0.3, -0.25) is 0 Å². The van der Waals surface area contributed by atoms with Crippen LogP contribution in [0.2, 0.25) is 5.02 Å². The van der Waals surface area contributed by atoms with E-state index in [0.717, 1.165) is 6.33 Å². The Balaban J connectivity index is 2.94. The number of hydrogen-bond donors (Lipinski definition) is 0. The van der Waals surface area contributed by atoms with Crippen LogP contribution < -0.4 is 0 Å². The van der Waals surface area contributed by atoms with Gasteiger partial charge in [0.25, 0.3) is 0 Å². The Hall–Kier alpha value is -1.09. The third-order valence-corrected chi connectivity index (χ3v) is 1.79. The number of para-hydroxylation sites is 1. The van der Waals surface area contributed by atoms with E-state index in [1.165, 1.54) is 0 Å². The van der Waals surface area contributed by atoms with E-state index < -0.39 is 0 Å². The van der Waals surface area contributed by atoms with Crippen molar-refractivity contribution in [3.05, 3.63) is 29.5 Å². The summed E-state index contributed by atoms with van der Waals surface area (Å²) in [6.45, 7) is 0. The molecule has 0 atom stereocenters. The van der Waals surface area contributed by atoms with E-state index in [9.17, 15) is 4.48 Å². The highest BCUT2D eigenvalue weighted by Crippen LogP contribution is 2.21. The van der Waals surface area contributed by atoms with Crippen LogP contribution in [0.3, 0.4) is 0 Å². The number of hydrogen-bond acceptors (Lipinski definition) is 1. The lowest BCUT2D eigenvalue weighted by atomic mass is 10.3. The molecule has 0 aliphatic carbocycles. The highest BCUT2D eigenvalue weighted by molar-refractivity contribution is 6.34.